The number of halogens is 4. The minimum absolute atomic E-state index is 0.0477. The quantitative estimate of drug-likeness (QED) is 0.620. The third kappa shape index (κ3) is 5.60. The lowest BCUT2D eigenvalue weighted by atomic mass is 10.2. The Balaban J connectivity index is 2.40. The SMILES string of the molecule is CCN1CCCC1CN(CCN(C)C)S(=O)(=O)c1cc(C(F)(F)F)ccc1Cl. The average molecular weight is 442 g/mol. The van der Waals surface area contributed by atoms with Crippen LogP contribution in [0.3, 0.4) is 0 Å². The molecule has 5 nitrogen and oxygen atoms in total. The highest BCUT2D eigenvalue weighted by Gasteiger charge is 2.36. The fourth-order valence-electron chi connectivity index (χ4n) is 3.39. The number of likely N-dealkylation sites (N-methyl/N-ethyl adjacent to an activating group) is 2. The van der Waals surface area contributed by atoms with Crippen LogP contribution in [0.2, 0.25) is 5.02 Å². The first-order chi connectivity index (χ1) is 13.0. The lowest BCUT2D eigenvalue weighted by molar-refractivity contribution is -0.137. The van der Waals surface area contributed by atoms with E-state index in [4.69, 9.17) is 11.6 Å². The smallest absolute Gasteiger partial charge is 0.308 e. The van der Waals surface area contributed by atoms with Crippen molar-refractivity contribution in [3.63, 3.8) is 0 Å². The fourth-order valence-corrected chi connectivity index (χ4v) is 5.36. The summed E-state index contributed by atoms with van der Waals surface area (Å²) in [6.45, 7) is 4.57. The van der Waals surface area contributed by atoms with E-state index < -0.39 is 26.7 Å². The third-order valence-corrected chi connectivity index (χ3v) is 7.34. The molecule has 10 heteroatoms. The highest BCUT2D eigenvalue weighted by Crippen LogP contribution is 2.34. The van der Waals surface area contributed by atoms with Crippen LogP contribution in [0.5, 0.6) is 0 Å². The first-order valence-electron chi connectivity index (χ1n) is 9.22. The largest absolute Gasteiger partial charge is 0.416 e. The van der Waals surface area contributed by atoms with Crippen LogP contribution in [0.1, 0.15) is 25.3 Å². The lowest BCUT2D eigenvalue weighted by Crippen LogP contribution is -2.45. The van der Waals surface area contributed by atoms with Gasteiger partial charge < -0.3 is 4.90 Å². The van der Waals surface area contributed by atoms with Crippen LogP contribution < -0.4 is 0 Å². The number of alkyl halides is 3. The van der Waals surface area contributed by atoms with Crippen molar-refractivity contribution in [3.8, 4) is 0 Å². The molecular weight excluding hydrogens is 415 g/mol. The molecule has 0 amide bonds. The summed E-state index contributed by atoms with van der Waals surface area (Å²) >= 11 is 6.02. The van der Waals surface area contributed by atoms with Crippen LogP contribution >= 0.6 is 11.6 Å². The van der Waals surface area contributed by atoms with Crippen molar-refractivity contribution in [3.05, 3.63) is 28.8 Å². The molecule has 1 heterocycles. The Bertz CT molecular complexity index is 772. The van der Waals surface area contributed by atoms with Crippen molar-refractivity contribution in [2.45, 2.75) is 36.9 Å². The van der Waals surface area contributed by atoms with Gasteiger partial charge in [-0.2, -0.15) is 17.5 Å². The molecule has 0 aliphatic carbocycles. The van der Waals surface area contributed by atoms with E-state index in [1.807, 2.05) is 25.9 Å². The fraction of sp³-hybridized carbons (Fsp3) is 0.667. The van der Waals surface area contributed by atoms with Gasteiger partial charge in [0.1, 0.15) is 4.90 Å². The maximum atomic E-state index is 13.3. The summed E-state index contributed by atoms with van der Waals surface area (Å²) in [5, 5.41) is -0.207. The summed E-state index contributed by atoms with van der Waals surface area (Å²) < 4.78 is 67.1. The van der Waals surface area contributed by atoms with E-state index in [0.717, 1.165) is 38.1 Å². The van der Waals surface area contributed by atoms with Crippen LogP contribution in [0.15, 0.2) is 23.1 Å². The number of sulfonamides is 1. The molecule has 1 fully saturated rings. The molecule has 1 atom stereocenters. The van der Waals surface area contributed by atoms with Gasteiger partial charge >= 0.3 is 6.18 Å². The van der Waals surface area contributed by atoms with Gasteiger partial charge in [0.15, 0.2) is 0 Å². The van der Waals surface area contributed by atoms with Gasteiger partial charge in [0.05, 0.1) is 10.6 Å². The predicted octanol–water partition coefficient (Wildman–Crippen LogP) is 3.40. The summed E-state index contributed by atoms with van der Waals surface area (Å²) in [5.41, 5.74) is -1.03. The lowest BCUT2D eigenvalue weighted by Gasteiger charge is -2.30. The van der Waals surface area contributed by atoms with E-state index in [1.54, 1.807) is 0 Å². The van der Waals surface area contributed by atoms with E-state index in [-0.39, 0.29) is 24.2 Å². The number of hydrogen-bond donors (Lipinski definition) is 0. The zero-order chi connectivity index (χ0) is 21.1. The summed E-state index contributed by atoms with van der Waals surface area (Å²) in [4.78, 5) is 3.54. The Hall–Kier alpha value is -0.870. The van der Waals surface area contributed by atoms with E-state index in [1.165, 1.54) is 4.31 Å². The van der Waals surface area contributed by atoms with Crippen LogP contribution in [-0.2, 0) is 16.2 Å². The Morgan fingerprint density at radius 3 is 2.50 bits per heavy atom. The minimum atomic E-state index is -4.65. The summed E-state index contributed by atoms with van der Waals surface area (Å²) in [7, 11) is -0.550. The number of rotatable bonds is 8. The molecule has 0 bridgehead atoms. The summed E-state index contributed by atoms with van der Waals surface area (Å²) in [6, 6.07) is 2.47. The van der Waals surface area contributed by atoms with Crippen molar-refractivity contribution >= 4 is 21.6 Å². The molecule has 2 rings (SSSR count). The first kappa shape index (κ1) is 23.4. The summed E-state index contributed by atoms with van der Waals surface area (Å²) in [5.74, 6) is 0. The Labute approximate surface area is 170 Å². The molecule has 0 spiro atoms. The van der Waals surface area contributed by atoms with Gasteiger partial charge in [0, 0.05) is 25.7 Å². The van der Waals surface area contributed by atoms with Gasteiger partial charge in [-0.25, -0.2) is 8.42 Å². The van der Waals surface area contributed by atoms with Crippen molar-refractivity contribution in [1.82, 2.24) is 14.1 Å². The predicted molar refractivity (Wildman–Crippen MR) is 104 cm³/mol. The van der Waals surface area contributed by atoms with E-state index >= 15 is 0 Å². The molecule has 1 aromatic rings. The second-order valence-electron chi connectivity index (χ2n) is 7.23. The van der Waals surface area contributed by atoms with Crippen LogP contribution in [0, 0.1) is 0 Å². The van der Waals surface area contributed by atoms with E-state index in [2.05, 4.69) is 4.90 Å². The Morgan fingerprint density at radius 1 is 1.25 bits per heavy atom. The van der Waals surface area contributed by atoms with Crippen molar-refractivity contribution < 1.29 is 21.6 Å². The zero-order valence-corrected chi connectivity index (χ0v) is 17.9. The van der Waals surface area contributed by atoms with Crippen LogP contribution in [0.25, 0.3) is 0 Å². The average Bonchev–Trinajstić information content (AvgIpc) is 3.04. The van der Waals surface area contributed by atoms with Gasteiger partial charge in [-0.3, -0.25) is 4.90 Å². The van der Waals surface area contributed by atoms with Gasteiger partial charge in [-0.15, -0.1) is 0 Å². The third-order valence-electron chi connectivity index (χ3n) is 4.99. The van der Waals surface area contributed by atoms with Gasteiger partial charge in [-0.1, -0.05) is 18.5 Å². The molecule has 0 saturated carbocycles. The number of nitrogens with zero attached hydrogens (tertiary/aromatic N) is 3. The number of hydrogen-bond acceptors (Lipinski definition) is 4. The van der Waals surface area contributed by atoms with Gasteiger partial charge in [0.25, 0.3) is 0 Å². The van der Waals surface area contributed by atoms with Crippen molar-refractivity contribution in [1.29, 1.82) is 0 Å². The Kier molecular flexibility index (Phi) is 7.77. The molecule has 1 aliphatic heterocycles. The van der Waals surface area contributed by atoms with E-state index in [9.17, 15) is 21.6 Å². The minimum Gasteiger partial charge on any atom is -0.308 e. The molecule has 0 radical (unpaired) electrons. The topological polar surface area (TPSA) is 43.9 Å². The zero-order valence-electron chi connectivity index (χ0n) is 16.3. The van der Waals surface area contributed by atoms with Crippen molar-refractivity contribution in [2.24, 2.45) is 0 Å². The molecule has 0 aromatic heterocycles. The number of likely N-dealkylation sites (tertiary alicyclic amines) is 1. The maximum absolute atomic E-state index is 13.3. The van der Waals surface area contributed by atoms with E-state index in [0.29, 0.717) is 12.6 Å². The van der Waals surface area contributed by atoms with Gasteiger partial charge in [-0.05, 0) is 58.2 Å². The highest BCUT2D eigenvalue weighted by molar-refractivity contribution is 7.89. The molecular formula is C18H27ClF3N3O2S. The molecule has 0 N–H and O–H groups in total. The highest BCUT2D eigenvalue weighted by atomic mass is 35.5. The van der Waals surface area contributed by atoms with Crippen LogP contribution in [0.4, 0.5) is 13.2 Å². The van der Waals surface area contributed by atoms with Crippen molar-refractivity contribution in [2.75, 3.05) is 46.8 Å². The normalized spacial score (nSPS) is 19.1. The first-order valence-corrected chi connectivity index (χ1v) is 11.0. The Morgan fingerprint density at radius 2 is 1.93 bits per heavy atom. The maximum Gasteiger partial charge on any atom is 0.416 e. The second kappa shape index (κ2) is 9.30. The molecule has 1 saturated heterocycles. The molecule has 160 valence electrons. The monoisotopic (exact) mass is 441 g/mol. The molecule has 1 aliphatic rings. The molecule has 1 unspecified atom stereocenters. The van der Waals surface area contributed by atoms with Gasteiger partial charge in [0.2, 0.25) is 10.0 Å². The summed E-state index contributed by atoms with van der Waals surface area (Å²) in [6.07, 6.45) is -2.81. The van der Waals surface area contributed by atoms with Crippen LogP contribution in [-0.4, -0.2) is 75.4 Å². The molecule has 28 heavy (non-hydrogen) atoms. The number of benzene rings is 1. The molecule has 1 aromatic carbocycles. The standard InChI is InChI=1S/C18H27ClF3N3O2S/c1-4-24-9-5-6-15(24)13-25(11-10-23(2)3)28(26,27)17-12-14(18(20,21)22)7-8-16(17)19/h7-8,12,15H,4-6,9-11,13H2,1-3H3. The second-order valence-corrected chi connectivity index (χ2v) is 9.55.